The zero-order chi connectivity index (χ0) is 13.3. The lowest BCUT2D eigenvalue weighted by Gasteiger charge is -2.25. The average Bonchev–Trinajstić information content (AvgIpc) is 2.69. The molecular formula is C11H12N4O3. The van der Waals surface area contributed by atoms with Crippen molar-refractivity contribution in [1.29, 1.82) is 0 Å². The van der Waals surface area contributed by atoms with E-state index in [1.54, 1.807) is 6.92 Å². The summed E-state index contributed by atoms with van der Waals surface area (Å²) in [4.78, 5) is 42.4. The maximum absolute atomic E-state index is 11.9. The van der Waals surface area contributed by atoms with Gasteiger partial charge in [-0.1, -0.05) is 0 Å². The van der Waals surface area contributed by atoms with Crippen molar-refractivity contribution >= 4 is 23.8 Å². The molecule has 0 atom stereocenters. The number of imide groups is 1. The van der Waals surface area contributed by atoms with Crippen LogP contribution in [0.25, 0.3) is 6.08 Å². The van der Waals surface area contributed by atoms with E-state index >= 15 is 0 Å². The highest BCUT2D eigenvalue weighted by atomic mass is 16.2. The van der Waals surface area contributed by atoms with E-state index in [4.69, 9.17) is 0 Å². The third kappa shape index (κ3) is 2.15. The molecule has 3 amide bonds. The van der Waals surface area contributed by atoms with Gasteiger partial charge in [0.2, 0.25) is 11.8 Å². The van der Waals surface area contributed by atoms with Gasteiger partial charge in [0.15, 0.2) is 0 Å². The van der Waals surface area contributed by atoms with E-state index in [0.29, 0.717) is 5.69 Å². The smallest absolute Gasteiger partial charge is 0.277 e. The molecule has 7 nitrogen and oxygen atoms in total. The van der Waals surface area contributed by atoms with Crippen molar-refractivity contribution in [1.82, 2.24) is 20.2 Å². The second-order valence-corrected chi connectivity index (χ2v) is 3.93. The van der Waals surface area contributed by atoms with E-state index < -0.39 is 17.7 Å². The van der Waals surface area contributed by atoms with Crippen LogP contribution in [0.1, 0.15) is 18.3 Å². The minimum absolute atomic E-state index is 0.0525. The Morgan fingerprint density at radius 2 is 2.22 bits per heavy atom. The van der Waals surface area contributed by atoms with Gasteiger partial charge in [0.1, 0.15) is 12.2 Å². The molecule has 0 saturated carbocycles. The first-order valence-corrected chi connectivity index (χ1v) is 5.33. The molecule has 18 heavy (non-hydrogen) atoms. The molecule has 2 N–H and O–H groups in total. The minimum Gasteiger partial charge on any atom is -0.348 e. The molecule has 0 aromatic carbocycles. The van der Waals surface area contributed by atoms with Gasteiger partial charge in [0.05, 0.1) is 12.0 Å². The molecule has 0 bridgehead atoms. The molecule has 2 rings (SSSR count). The quantitative estimate of drug-likeness (QED) is 0.659. The van der Waals surface area contributed by atoms with Crippen molar-refractivity contribution in [2.75, 3.05) is 6.54 Å². The summed E-state index contributed by atoms with van der Waals surface area (Å²) >= 11 is 0. The number of aromatic nitrogens is 2. The topological polar surface area (TPSA) is 95.2 Å². The van der Waals surface area contributed by atoms with Gasteiger partial charge in [0.25, 0.3) is 5.91 Å². The molecule has 1 aromatic heterocycles. The molecule has 94 valence electrons. The Labute approximate surface area is 103 Å². The van der Waals surface area contributed by atoms with Crippen molar-refractivity contribution in [2.24, 2.45) is 0 Å². The molecule has 0 spiro atoms. The molecule has 1 aromatic rings. The monoisotopic (exact) mass is 248 g/mol. The number of aromatic amines is 1. The number of carbonyl (C=O) groups is 3. The fourth-order valence-electron chi connectivity index (χ4n) is 1.61. The number of rotatable bonds is 1. The summed E-state index contributed by atoms with van der Waals surface area (Å²) in [5.74, 6) is -1.38. The van der Waals surface area contributed by atoms with Crippen LogP contribution in [0.3, 0.4) is 0 Å². The average molecular weight is 248 g/mol. The molecule has 0 aliphatic carbocycles. The van der Waals surface area contributed by atoms with Crippen molar-refractivity contribution in [3.05, 3.63) is 23.4 Å². The Morgan fingerprint density at radius 3 is 2.78 bits per heavy atom. The fraction of sp³-hybridized carbons (Fsp3) is 0.273. The third-order valence-electron chi connectivity index (χ3n) is 2.58. The van der Waals surface area contributed by atoms with Crippen LogP contribution in [0.5, 0.6) is 0 Å². The number of H-pyrrole nitrogens is 1. The lowest BCUT2D eigenvalue weighted by molar-refractivity contribution is -0.147. The Balaban J connectivity index is 2.35. The first-order valence-electron chi connectivity index (χ1n) is 5.33. The number of imidazole rings is 1. The van der Waals surface area contributed by atoms with Gasteiger partial charge in [-0.3, -0.25) is 19.3 Å². The van der Waals surface area contributed by atoms with Crippen LogP contribution in [0.15, 0.2) is 12.0 Å². The van der Waals surface area contributed by atoms with Crippen molar-refractivity contribution in [3.8, 4) is 0 Å². The summed E-state index contributed by atoms with van der Waals surface area (Å²) < 4.78 is 0. The second kappa shape index (κ2) is 4.44. The lowest BCUT2D eigenvalue weighted by Crippen LogP contribution is -2.51. The summed E-state index contributed by atoms with van der Waals surface area (Å²) in [6.45, 7) is 2.79. The third-order valence-corrected chi connectivity index (χ3v) is 2.58. The molecule has 1 aliphatic rings. The van der Waals surface area contributed by atoms with Gasteiger partial charge >= 0.3 is 0 Å². The molecule has 1 aliphatic heterocycles. The number of amides is 3. The standard InChI is InChI=1S/C11H12N4O3/c1-6-8(13-5-12-6)3-9-11(18)15(7(2)16)4-10(17)14-9/h3,5H,4H2,1-2H3,(H,12,13)(H,14,17)/b9-3-. The first-order chi connectivity index (χ1) is 8.49. The van der Waals surface area contributed by atoms with Crippen molar-refractivity contribution in [2.45, 2.75) is 13.8 Å². The van der Waals surface area contributed by atoms with E-state index in [2.05, 4.69) is 15.3 Å². The highest BCUT2D eigenvalue weighted by Gasteiger charge is 2.30. The van der Waals surface area contributed by atoms with Gasteiger partial charge in [-0.05, 0) is 13.0 Å². The van der Waals surface area contributed by atoms with Crippen LogP contribution in [0.2, 0.25) is 0 Å². The zero-order valence-electron chi connectivity index (χ0n) is 9.98. The van der Waals surface area contributed by atoms with Gasteiger partial charge in [-0.15, -0.1) is 0 Å². The number of hydrogen-bond acceptors (Lipinski definition) is 4. The minimum atomic E-state index is -0.524. The maximum Gasteiger partial charge on any atom is 0.277 e. The molecule has 7 heteroatoms. The van der Waals surface area contributed by atoms with E-state index in [1.807, 2.05) is 0 Å². The Kier molecular flexibility index (Phi) is 2.97. The Morgan fingerprint density at radius 1 is 1.50 bits per heavy atom. The van der Waals surface area contributed by atoms with Gasteiger partial charge in [-0.2, -0.15) is 0 Å². The van der Waals surface area contributed by atoms with Crippen LogP contribution < -0.4 is 5.32 Å². The van der Waals surface area contributed by atoms with Crippen LogP contribution in [-0.2, 0) is 14.4 Å². The predicted molar refractivity (Wildman–Crippen MR) is 61.8 cm³/mol. The van der Waals surface area contributed by atoms with E-state index in [1.165, 1.54) is 19.3 Å². The molecule has 0 radical (unpaired) electrons. The number of piperazine rings is 1. The van der Waals surface area contributed by atoms with Crippen molar-refractivity contribution < 1.29 is 14.4 Å². The summed E-state index contributed by atoms with van der Waals surface area (Å²) in [5, 5.41) is 2.44. The lowest BCUT2D eigenvalue weighted by atomic mass is 10.2. The number of aryl methyl sites for hydroxylation is 1. The molecule has 1 fully saturated rings. The van der Waals surface area contributed by atoms with Crippen LogP contribution in [0.4, 0.5) is 0 Å². The van der Waals surface area contributed by atoms with E-state index in [0.717, 1.165) is 10.6 Å². The van der Waals surface area contributed by atoms with Gasteiger partial charge < -0.3 is 10.3 Å². The van der Waals surface area contributed by atoms with Crippen molar-refractivity contribution in [3.63, 3.8) is 0 Å². The zero-order valence-corrected chi connectivity index (χ0v) is 9.98. The second-order valence-electron chi connectivity index (χ2n) is 3.93. The van der Waals surface area contributed by atoms with Crippen LogP contribution in [-0.4, -0.2) is 39.1 Å². The fourth-order valence-corrected chi connectivity index (χ4v) is 1.61. The SMILES string of the molecule is CC(=O)N1CC(=O)N/C(=C\c2nc[nH]c2C)C1=O. The molecule has 1 saturated heterocycles. The first kappa shape index (κ1) is 12.0. The molecule has 2 heterocycles. The number of carbonyl (C=O) groups excluding carboxylic acids is 3. The predicted octanol–water partition coefficient (Wildman–Crippen LogP) is -0.436. The maximum atomic E-state index is 11.9. The normalized spacial score (nSPS) is 18.1. The van der Waals surface area contributed by atoms with Crippen LogP contribution in [0, 0.1) is 6.92 Å². The summed E-state index contributed by atoms with van der Waals surface area (Å²) in [6.07, 6.45) is 2.93. The van der Waals surface area contributed by atoms with Gasteiger partial charge in [-0.25, -0.2) is 4.98 Å². The van der Waals surface area contributed by atoms with E-state index in [9.17, 15) is 14.4 Å². The Hall–Kier alpha value is -2.44. The highest BCUT2D eigenvalue weighted by Crippen LogP contribution is 2.11. The largest absolute Gasteiger partial charge is 0.348 e. The number of nitrogens with one attached hydrogen (secondary N) is 2. The molecular weight excluding hydrogens is 236 g/mol. The summed E-state index contributed by atoms with van der Waals surface area (Å²) in [6, 6.07) is 0. The molecule has 0 unspecified atom stereocenters. The summed E-state index contributed by atoms with van der Waals surface area (Å²) in [7, 11) is 0. The van der Waals surface area contributed by atoms with Gasteiger partial charge in [0, 0.05) is 12.6 Å². The highest BCUT2D eigenvalue weighted by molar-refractivity contribution is 6.12. The number of hydrogen-bond donors (Lipinski definition) is 2. The Bertz CT molecular complexity index is 558. The van der Waals surface area contributed by atoms with E-state index in [-0.39, 0.29) is 12.2 Å². The number of nitrogens with zero attached hydrogens (tertiary/aromatic N) is 2. The summed E-state index contributed by atoms with van der Waals surface area (Å²) in [5.41, 5.74) is 1.37. The van der Waals surface area contributed by atoms with Crippen LogP contribution >= 0.6 is 0 Å².